The van der Waals surface area contributed by atoms with E-state index in [-0.39, 0.29) is 5.97 Å². The van der Waals surface area contributed by atoms with Crippen LogP contribution >= 0.6 is 35.2 Å². The number of anilines is 2. The van der Waals surface area contributed by atoms with Crippen LogP contribution in [0.4, 0.5) is 10.7 Å². The maximum atomic E-state index is 12.1. The third kappa shape index (κ3) is 4.22. The number of ether oxygens (including phenoxy) is 1. The molecule has 122 valence electrons. The number of hydrogen-bond donors (Lipinski definition) is 2. The maximum absolute atomic E-state index is 12.1. The van der Waals surface area contributed by atoms with Gasteiger partial charge in [0.05, 0.1) is 12.7 Å². The molecule has 0 amide bonds. The summed E-state index contributed by atoms with van der Waals surface area (Å²) in [5.74, 6) is -0.358. The average Bonchev–Trinajstić information content (AvgIpc) is 2.83. The molecule has 0 saturated heterocycles. The summed E-state index contributed by atoms with van der Waals surface area (Å²) in [4.78, 5) is 13.1. The third-order valence-electron chi connectivity index (χ3n) is 3.28. The first-order valence-electron chi connectivity index (χ1n) is 7.00. The van der Waals surface area contributed by atoms with Crippen molar-refractivity contribution in [2.75, 3.05) is 17.7 Å². The fraction of sp³-hybridized carbons (Fsp3) is 0.250. The zero-order valence-corrected chi connectivity index (χ0v) is 15.4. The molecule has 23 heavy (non-hydrogen) atoms. The molecule has 0 aliphatic rings. The normalized spacial score (nSPS) is 10.3. The number of methoxy groups -OCH3 is 1. The first kappa shape index (κ1) is 17.7. The Hall–Kier alpha value is -1.63. The van der Waals surface area contributed by atoms with Crippen molar-refractivity contribution in [3.8, 4) is 0 Å². The van der Waals surface area contributed by atoms with Gasteiger partial charge in [-0.2, -0.15) is 0 Å². The monoisotopic (exact) mass is 368 g/mol. The number of carbonyl (C=O) groups is 1. The van der Waals surface area contributed by atoms with Crippen LogP contribution < -0.4 is 10.6 Å². The van der Waals surface area contributed by atoms with Crippen molar-refractivity contribution in [1.29, 1.82) is 0 Å². The number of esters is 1. The van der Waals surface area contributed by atoms with E-state index in [0.717, 1.165) is 22.5 Å². The van der Waals surface area contributed by atoms with Crippen LogP contribution in [0.25, 0.3) is 0 Å². The van der Waals surface area contributed by atoms with Crippen LogP contribution in [0.15, 0.2) is 24.3 Å². The van der Waals surface area contributed by atoms with Crippen LogP contribution in [-0.4, -0.2) is 18.2 Å². The van der Waals surface area contributed by atoms with E-state index in [2.05, 4.69) is 10.6 Å². The lowest BCUT2D eigenvalue weighted by Crippen LogP contribution is -2.20. The Labute approximate surface area is 149 Å². The van der Waals surface area contributed by atoms with Gasteiger partial charge in [-0.25, -0.2) is 4.79 Å². The number of aryl methyl sites for hydroxylation is 1. The van der Waals surface area contributed by atoms with Crippen LogP contribution in [-0.2, 0) is 11.2 Å². The Kier molecular flexibility index (Phi) is 5.98. The molecule has 1 heterocycles. The lowest BCUT2D eigenvalue weighted by molar-refractivity contribution is 0.0601. The summed E-state index contributed by atoms with van der Waals surface area (Å²) in [6.07, 6.45) is 0.756. The molecule has 1 aromatic heterocycles. The van der Waals surface area contributed by atoms with E-state index in [0.29, 0.717) is 20.7 Å². The van der Waals surface area contributed by atoms with E-state index in [1.54, 1.807) is 12.1 Å². The smallest absolute Gasteiger partial charge is 0.341 e. The molecule has 0 spiro atoms. The quantitative estimate of drug-likeness (QED) is 0.595. The molecule has 0 fully saturated rings. The van der Waals surface area contributed by atoms with Gasteiger partial charge in [-0.3, -0.25) is 0 Å². The van der Waals surface area contributed by atoms with E-state index >= 15 is 0 Å². The van der Waals surface area contributed by atoms with Crippen molar-refractivity contribution in [3.05, 3.63) is 45.3 Å². The molecule has 0 atom stereocenters. The topological polar surface area (TPSA) is 50.4 Å². The van der Waals surface area contributed by atoms with E-state index < -0.39 is 0 Å². The van der Waals surface area contributed by atoms with Gasteiger partial charge in [0.25, 0.3) is 0 Å². The highest BCUT2D eigenvalue weighted by atomic mass is 35.5. The summed E-state index contributed by atoms with van der Waals surface area (Å²) < 4.78 is 4.90. The van der Waals surface area contributed by atoms with Crippen molar-refractivity contribution >= 4 is 56.9 Å². The van der Waals surface area contributed by atoms with Gasteiger partial charge in [0, 0.05) is 15.6 Å². The minimum Gasteiger partial charge on any atom is -0.465 e. The summed E-state index contributed by atoms with van der Waals surface area (Å²) in [7, 11) is 1.38. The molecular formula is C16H17ClN2O2S2. The number of nitrogens with one attached hydrogen (secondary N) is 2. The molecule has 0 aliphatic heterocycles. The Bertz CT molecular complexity index is 726. The molecular weight excluding hydrogens is 352 g/mol. The van der Waals surface area contributed by atoms with Crippen molar-refractivity contribution in [2.24, 2.45) is 0 Å². The molecule has 2 N–H and O–H groups in total. The van der Waals surface area contributed by atoms with Gasteiger partial charge in [-0.15, -0.1) is 11.3 Å². The number of benzene rings is 1. The lowest BCUT2D eigenvalue weighted by atomic mass is 10.1. The Balaban J connectivity index is 2.20. The highest BCUT2D eigenvalue weighted by molar-refractivity contribution is 7.80. The third-order valence-corrected chi connectivity index (χ3v) is 4.80. The summed E-state index contributed by atoms with van der Waals surface area (Å²) in [5.41, 5.74) is 2.35. The highest BCUT2D eigenvalue weighted by Crippen LogP contribution is 2.34. The highest BCUT2D eigenvalue weighted by Gasteiger charge is 2.22. The van der Waals surface area contributed by atoms with Crippen LogP contribution in [0.3, 0.4) is 0 Å². The van der Waals surface area contributed by atoms with Crippen molar-refractivity contribution in [1.82, 2.24) is 0 Å². The lowest BCUT2D eigenvalue weighted by Gasteiger charge is -2.11. The maximum Gasteiger partial charge on any atom is 0.341 e. The van der Waals surface area contributed by atoms with Gasteiger partial charge in [0.15, 0.2) is 5.11 Å². The zero-order chi connectivity index (χ0) is 17.0. The summed E-state index contributed by atoms with van der Waals surface area (Å²) in [5, 5.41) is 7.91. The number of carbonyl (C=O) groups excluding carboxylic acids is 1. The minimum absolute atomic E-state index is 0.358. The predicted octanol–water partition coefficient (Wildman–Crippen LogP) is 4.87. The SMILES string of the molecule is CCc1c(C)sc(NC(=S)Nc2ccc(Cl)cc2)c1C(=O)OC. The molecule has 2 rings (SSSR count). The second kappa shape index (κ2) is 7.77. The molecule has 0 aliphatic carbocycles. The molecule has 0 bridgehead atoms. The first-order valence-corrected chi connectivity index (χ1v) is 8.60. The fourth-order valence-corrected chi connectivity index (χ4v) is 3.76. The van der Waals surface area contributed by atoms with Crippen LogP contribution in [0.1, 0.15) is 27.7 Å². The minimum atomic E-state index is -0.358. The molecule has 7 heteroatoms. The molecule has 0 saturated carbocycles. The number of thiophene rings is 1. The van der Waals surface area contributed by atoms with Crippen LogP contribution in [0, 0.1) is 6.92 Å². The van der Waals surface area contributed by atoms with Gasteiger partial charge in [-0.05, 0) is 55.4 Å². The zero-order valence-electron chi connectivity index (χ0n) is 13.0. The number of thiocarbonyl (C=S) groups is 1. The van der Waals surface area contributed by atoms with Crippen LogP contribution in [0.5, 0.6) is 0 Å². The second-order valence-electron chi connectivity index (χ2n) is 4.77. The van der Waals surface area contributed by atoms with Gasteiger partial charge < -0.3 is 15.4 Å². The van der Waals surface area contributed by atoms with Crippen molar-refractivity contribution in [3.63, 3.8) is 0 Å². The van der Waals surface area contributed by atoms with E-state index in [4.69, 9.17) is 28.6 Å². The molecule has 0 radical (unpaired) electrons. The number of hydrogen-bond acceptors (Lipinski definition) is 4. The molecule has 1 aromatic carbocycles. The van der Waals surface area contributed by atoms with Crippen molar-refractivity contribution in [2.45, 2.75) is 20.3 Å². The Morgan fingerprint density at radius 1 is 1.30 bits per heavy atom. The second-order valence-corrected chi connectivity index (χ2v) is 6.84. The van der Waals surface area contributed by atoms with E-state index in [1.807, 2.05) is 26.0 Å². The average molecular weight is 369 g/mol. The fourth-order valence-electron chi connectivity index (χ4n) is 2.21. The summed E-state index contributed by atoms with van der Waals surface area (Å²) >= 11 is 12.7. The van der Waals surface area contributed by atoms with E-state index in [1.165, 1.54) is 18.4 Å². The molecule has 0 unspecified atom stereocenters. The first-order chi connectivity index (χ1) is 11.0. The Morgan fingerprint density at radius 2 is 1.96 bits per heavy atom. The number of halogens is 1. The standard InChI is InChI=1S/C16H17ClN2O2S2/c1-4-12-9(2)23-14(13(12)15(20)21-3)19-16(22)18-11-7-5-10(17)6-8-11/h5-8H,4H2,1-3H3,(H2,18,19,22). The van der Waals surface area contributed by atoms with Gasteiger partial charge in [0.1, 0.15) is 5.00 Å². The van der Waals surface area contributed by atoms with Crippen molar-refractivity contribution < 1.29 is 9.53 Å². The van der Waals surface area contributed by atoms with Gasteiger partial charge >= 0.3 is 5.97 Å². The summed E-state index contributed by atoms with van der Waals surface area (Å²) in [6, 6.07) is 7.21. The van der Waals surface area contributed by atoms with Gasteiger partial charge in [-0.1, -0.05) is 18.5 Å². The molecule has 4 nitrogen and oxygen atoms in total. The number of rotatable bonds is 4. The summed E-state index contributed by atoms with van der Waals surface area (Å²) in [6.45, 7) is 3.99. The van der Waals surface area contributed by atoms with E-state index in [9.17, 15) is 4.79 Å². The van der Waals surface area contributed by atoms with Gasteiger partial charge in [0.2, 0.25) is 0 Å². The predicted molar refractivity (Wildman–Crippen MR) is 101 cm³/mol. The largest absolute Gasteiger partial charge is 0.465 e. The van der Waals surface area contributed by atoms with Crippen LogP contribution in [0.2, 0.25) is 5.02 Å². The Morgan fingerprint density at radius 3 is 2.52 bits per heavy atom. The molecule has 2 aromatic rings.